The number of aromatic nitrogens is 4. The van der Waals surface area contributed by atoms with Gasteiger partial charge in [-0.3, -0.25) is 14.2 Å². The summed E-state index contributed by atoms with van der Waals surface area (Å²) in [5.41, 5.74) is 1.98. The van der Waals surface area contributed by atoms with Crippen LogP contribution in [0.25, 0.3) is 21.8 Å². The third kappa shape index (κ3) is 4.17. The maximum atomic E-state index is 13.1. The van der Waals surface area contributed by atoms with Crippen LogP contribution in [0.3, 0.4) is 0 Å². The minimum absolute atomic E-state index is 0.142. The first-order valence-corrected chi connectivity index (χ1v) is 11.3. The topological polar surface area (TPSA) is 81.8 Å². The molecule has 0 radical (unpaired) electrons. The van der Waals surface area contributed by atoms with Crippen LogP contribution in [0.2, 0.25) is 0 Å². The van der Waals surface area contributed by atoms with Crippen LogP contribution in [-0.4, -0.2) is 31.8 Å². The number of amides is 1. The van der Waals surface area contributed by atoms with Gasteiger partial charge in [-0.15, -0.1) is 0 Å². The van der Waals surface area contributed by atoms with Crippen molar-refractivity contribution in [1.29, 1.82) is 0 Å². The van der Waals surface area contributed by atoms with Crippen molar-refractivity contribution in [1.82, 2.24) is 24.6 Å². The first kappa shape index (κ1) is 21.1. The molecule has 0 atom stereocenters. The van der Waals surface area contributed by atoms with Crippen molar-refractivity contribution in [2.24, 2.45) is 0 Å². The summed E-state index contributed by atoms with van der Waals surface area (Å²) in [6.07, 6.45) is 3.10. The van der Waals surface area contributed by atoms with Gasteiger partial charge >= 0.3 is 0 Å². The Hall–Kier alpha value is -3.78. The number of hydrogen-bond acceptors (Lipinski definition) is 4. The lowest BCUT2D eigenvalue weighted by Gasteiger charge is -2.10. The van der Waals surface area contributed by atoms with E-state index < -0.39 is 0 Å². The predicted molar refractivity (Wildman–Crippen MR) is 131 cm³/mol. The fraction of sp³-hybridized carbons (Fsp3) is 0.120. The van der Waals surface area contributed by atoms with Crippen molar-refractivity contribution < 1.29 is 4.79 Å². The number of nitrogens with one attached hydrogen (secondary N) is 1. The molecule has 0 aliphatic carbocycles. The second-order valence-corrected chi connectivity index (χ2v) is 8.51. The van der Waals surface area contributed by atoms with E-state index in [1.807, 2.05) is 42.5 Å². The van der Waals surface area contributed by atoms with Crippen LogP contribution in [0, 0.1) is 0 Å². The summed E-state index contributed by atoms with van der Waals surface area (Å²) in [5, 5.41) is 9.90. The number of nitrogens with zero attached hydrogens (tertiary/aromatic N) is 4. The van der Waals surface area contributed by atoms with Crippen molar-refractivity contribution in [3.05, 3.63) is 105 Å². The quantitative estimate of drug-likeness (QED) is 0.381. The fourth-order valence-electron chi connectivity index (χ4n) is 3.90. The molecule has 0 saturated carbocycles. The molecule has 164 valence electrons. The zero-order valence-corrected chi connectivity index (χ0v) is 19.2. The Morgan fingerprint density at radius 2 is 1.76 bits per heavy atom. The molecule has 5 aromatic rings. The average Bonchev–Trinajstić information content (AvgIpc) is 3.25. The Morgan fingerprint density at radius 3 is 2.64 bits per heavy atom. The maximum absolute atomic E-state index is 13.1. The summed E-state index contributed by atoms with van der Waals surface area (Å²) >= 11 is 3.39. The number of carbonyl (C=O) groups excluding carboxylic acids is 1. The molecule has 1 N–H and O–H groups in total. The summed E-state index contributed by atoms with van der Waals surface area (Å²) < 4.78 is 3.98. The van der Waals surface area contributed by atoms with Crippen LogP contribution in [0.15, 0.2) is 88.5 Å². The van der Waals surface area contributed by atoms with Crippen molar-refractivity contribution in [3.63, 3.8) is 0 Å². The van der Waals surface area contributed by atoms with Crippen molar-refractivity contribution in [2.45, 2.75) is 13.1 Å². The predicted octanol–water partition coefficient (Wildman–Crippen LogP) is 3.99. The third-order valence-electron chi connectivity index (χ3n) is 5.57. The molecular weight excluding hydrogens is 482 g/mol. The van der Waals surface area contributed by atoms with E-state index in [9.17, 15) is 9.59 Å². The van der Waals surface area contributed by atoms with Gasteiger partial charge in [0.1, 0.15) is 11.7 Å². The molecular formula is C25H20BrN5O2. The van der Waals surface area contributed by atoms with Crippen LogP contribution in [0.4, 0.5) is 0 Å². The molecule has 0 spiro atoms. The number of carbonyl (C=O) groups is 1. The highest BCUT2D eigenvalue weighted by Crippen LogP contribution is 2.19. The van der Waals surface area contributed by atoms with Crippen LogP contribution >= 0.6 is 15.9 Å². The number of benzene rings is 3. The lowest BCUT2D eigenvalue weighted by Crippen LogP contribution is -2.28. The first-order valence-electron chi connectivity index (χ1n) is 10.5. The Morgan fingerprint density at radius 1 is 0.970 bits per heavy atom. The summed E-state index contributed by atoms with van der Waals surface area (Å²) in [7, 11) is 0. The molecule has 5 rings (SSSR count). The Labute approximate surface area is 197 Å². The van der Waals surface area contributed by atoms with Gasteiger partial charge in [-0.05, 0) is 44.4 Å². The average molecular weight is 502 g/mol. The molecule has 0 unspecified atom stereocenters. The van der Waals surface area contributed by atoms with Gasteiger partial charge in [0, 0.05) is 11.0 Å². The van der Waals surface area contributed by atoms with E-state index in [-0.39, 0.29) is 11.5 Å². The van der Waals surface area contributed by atoms with Gasteiger partial charge in [-0.1, -0.05) is 54.6 Å². The molecule has 8 heteroatoms. The van der Waals surface area contributed by atoms with Gasteiger partial charge in [-0.2, -0.15) is 5.10 Å². The minimum Gasteiger partial charge on any atom is -0.350 e. The summed E-state index contributed by atoms with van der Waals surface area (Å²) in [4.78, 5) is 30.0. The number of rotatable bonds is 6. The SMILES string of the molecule is O=C(NCCn1ncc2c(=O)n(Cc3cccc4ccccc34)cnc21)c1ccccc1Br. The largest absolute Gasteiger partial charge is 0.350 e. The van der Waals surface area contributed by atoms with Gasteiger partial charge in [0.2, 0.25) is 0 Å². The van der Waals surface area contributed by atoms with E-state index in [4.69, 9.17) is 0 Å². The van der Waals surface area contributed by atoms with Crippen LogP contribution in [0.5, 0.6) is 0 Å². The Bertz CT molecular complexity index is 1530. The lowest BCUT2D eigenvalue weighted by molar-refractivity contribution is 0.0951. The second-order valence-electron chi connectivity index (χ2n) is 7.66. The molecule has 0 bridgehead atoms. The summed E-state index contributed by atoms with van der Waals surface area (Å²) in [6.45, 7) is 1.19. The fourth-order valence-corrected chi connectivity index (χ4v) is 4.37. The zero-order chi connectivity index (χ0) is 22.8. The van der Waals surface area contributed by atoms with Crippen molar-refractivity contribution in [2.75, 3.05) is 6.54 Å². The second kappa shape index (κ2) is 8.99. The van der Waals surface area contributed by atoms with Gasteiger partial charge in [0.15, 0.2) is 5.65 Å². The van der Waals surface area contributed by atoms with Crippen LogP contribution in [0.1, 0.15) is 15.9 Å². The monoisotopic (exact) mass is 501 g/mol. The highest BCUT2D eigenvalue weighted by molar-refractivity contribution is 9.10. The molecule has 33 heavy (non-hydrogen) atoms. The first-order chi connectivity index (χ1) is 16.1. The highest BCUT2D eigenvalue weighted by Gasteiger charge is 2.13. The molecule has 0 fully saturated rings. The zero-order valence-electron chi connectivity index (χ0n) is 17.6. The third-order valence-corrected chi connectivity index (χ3v) is 6.26. The molecule has 2 heterocycles. The Kier molecular flexibility index (Phi) is 5.75. The molecule has 3 aromatic carbocycles. The molecule has 0 aliphatic heterocycles. The van der Waals surface area contributed by atoms with E-state index in [0.717, 1.165) is 20.8 Å². The van der Waals surface area contributed by atoms with E-state index in [2.05, 4.69) is 49.5 Å². The smallest absolute Gasteiger partial charge is 0.264 e. The molecule has 1 amide bonds. The van der Waals surface area contributed by atoms with Gasteiger partial charge in [0.25, 0.3) is 11.5 Å². The highest BCUT2D eigenvalue weighted by atomic mass is 79.9. The summed E-state index contributed by atoms with van der Waals surface area (Å²) in [6, 6.07) is 21.4. The molecule has 0 saturated heterocycles. The van der Waals surface area contributed by atoms with Crippen LogP contribution in [-0.2, 0) is 13.1 Å². The normalized spacial score (nSPS) is 11.2. The van der Waals surface area contributed by atoms with Gasteiger partial charge in [0.05, 0.1) is 24.8 Å². The molecule has 0 aliphatic rings. The summed E-state index contributed by atoms with van der Waals surface area (Å²) in [5.74, 6) is -0.177. The molecule has 7 nitrogen and oxygen atoms in total. The van der Waals surface area contributed by atoms with Crippen molar-refractivity contribution in [3.8, 4) is 0 Å². The van der Waals surface area contributed by atoms with E-state index in [1.54, 1.807) is 27.8 Å². The minimum atomic E-state index is -0.177. The van der Waals surface area contributed by atoms with E-state index >= 15 is 0 Å². The van der Waals surface area contributed by atoms with E-state index in [1.165, 1.54) is 0 Å². The van der Waals surface area contributed by atoms with Gasteiger partial charge in [-0.25, -0.2) is 9.67 Å². The standard InChI is InChI=1S/C25H20BrN5O2/c26-22-11-4-3-10-20(22)24(32)27-12-13-31-23-21(14-29-31)25(33)30(16-28-23)15-18-8-5-7-17-6-1-2-9-19(17)18/h1-11,14,16H,12-13,15H2,(H,27,32). The number of hydrogen-bond donors (Lipinski definition) is 1. The Balaban J connectivity index is 1.34. The number of halogens is 1. The number of fused-ring (bicyclic) bond motifs is 2. The van der Waals surface area contributed by atoms with Gasteiger partial charge < -0.3 is 5.32 Å². The maximum Gasteiger partial charge on any atom is 0.264 e. The van der Waals surface area contributed by atoms with E-state index in [0.29, 0.717) is 36.2 Å². The van der Waals surface area contributed by atoms with Crippen LogP contribution < -0.4 is 10.9 Å². The van der Waals surface area contributed by atoms with Crippen molar-refractivity contribution >= 4 is 43.6 Å². The molecule has 2 aromatic heterocycles. The lowest BCUT2D eigenvalue weighted by atomic mass is 10.0.